The number of hydrogen-bond donors (Lipinski definition) is 2. The first kappa shape index (κ1) is 14.7. The number of carbonyl (C=O) groups is 1. The van der Waals surface area contributed by atoms with Crippen LogP contribution in [0.25, 0.3) is 0 Å². The average molecular weight is 294 g/mol. The summed E-state index contributed by atoms with van der Waals surface area (Å²) in [5.41, 5.74) is -0.202. The van der Waals surface area contributed by atoms with E-state index >= 15 is 0 Å². The number of rotatable bonds is 7. The number of aromatic nitrogens is 3. The van der Waals surface area contributed by atoms with E-state index in [1.54, 1.807) is 24.0 Å². The van der Waals surface area contributed by atoms with Gasteiger partial charge in [-0.05, 0) is 35.7 Å². The quantitative estimate of drug-likeness (QED) is 0.802. The van der Waals surface area contributed by atoms with E-state index in [0.717, 1.165) is 5.56 Å². The summed E-state index contributed by atoms with van der Waals surface area (Å²) in [7, 11) is 0. The highest BCUT2D eigenvalue weighted by Gasteiger charge is 2.23. The van der Waals surface area contributed by atoms with Crippen LogP contribution in [0.4, 0.5) is 0 Å². The summed E-state index contributed by atoms with van der Waals surface area (Å²) >= 11 is 1.52. The Morgan fingerprint density at radius 1 is 1.60 bits per heavy atom. The first-order chi connectivity index (χ1) is 9.58. The van der Waals surface area contributed by atoms with Gasteiger partial charge in [0, 0.05) is 19.2 Å². The highest BCUT2D eigenvalue weighted by atomic mass is 32.1. The average Bonchev–Trinajstić information content (AvgIpc) is 3.09. The Kier molecular flexibility index (Phi) is 4.86. The van der Waals surface area contributed by atoms with E-state index in [1.807, 2.05) is 16.8 Å². The van der Waals surface area contributed by atoms with E-state index in [0.29, 0.717) is 19.4 Å². The molecule has 0 saturated carbocycles. The minimum absolute atomic E-state index is 0.0689. The predicted octanol–water partition coefficient (Wildman–Crippen LogP) is 1.14. The summed E-state index contributed by atoms with van der Waals surface area (Å²) in [6.07, 6.45) is 4.47. The molecule has 1 amide bonds. The smallest absolute Gasteiger partial charge is 0.220 e. The number of thiophene rings is 1. The highest BCUT2D eigenvalue weighted by molar-refractivity contribution is 7.08. The molecule has 2 aromatic heterocycles. The molecule has 1 atom stereocenters. The molecule has 0 bridgehead atoms. The van der Waals surface area contributed by atoms with Gasteiger partial charge in [0.05, 0.1) is 12.7 Å². The normalized spacial score (nSPS) is 13.9. The second-order valence-electron chi connectivity index (χ2n) is 4.83. The van der Waals surface area contributed by atoms with E-state index < -0.39 is 5.60 Å². The van der Waals surface area contributed by atoms with Gasteiger partial charge in [0.25, 0.3) is 0 Å². The van der Waals surface area contributed by atoms with Crippen molar-refractivity contribution in [2.75, 3.05) is 6.54 Å². The third kappa shape index (κ3) is 4.14. The van der Waals surface area contributed by atoms with E-state index in [-0.39, 0.29) is 12.5 Å². The molecule has 0 spiro atoms. The molecule has 0 radical (unpaired) electrons. The summed E-state index contributed by atoms with van der Waals surface area (Å²) in [6, 6.07) is 1.86. The number of hydrogen-bond acceptors (Lipinski definition) is 5. The largest absolute Gasteiger partial charge is 0.384 e. The van der Waals surface area contributed by atoms with Gasteiger partial charge >= 0.3 is 0 Å². The van der Waals surface area contributed by atoms with Gasteiger partial charge in [-0.2, -0.15) is 11.3 Å². The molecule has 1 unspecified atom stereocenters. The predicted molar refractivity (Wildman–Crippen MR) is 76.2 cm³/mol. The van der Waals surface area contributed by atoms with Gasteiger partial charge in [-0.25, -0.2) is 0 Å². The van der Waals surface area contributed by atoms with Gasteiger partial charge in [0.1, 0.15) is 5.60 Å². The SMILES string of the molecule is CC(O)(CNC(=O)CCCn1ccnn1)c1ccsc1. The lowest BCUT2D eigenvalue weighted by molar-refractivity contribution is -0.122. The monoisotopic (exact) mass is 294 g/mol. The Morgan fingerprint density at radius 2 is 2.45 bits per heavy atom. The van der Waals surface area contributed by atoms with Crippen LogP contribution in [0.1, 0.15) is 25.3 Å². The number of amides is 1. The number of nitrogens with one attached hydrogen (secondary N) is 1. The van der Waals surface area contributed by atoms with Crippen LogP contribution in [-0.2, 0) is 16.9 Å². The van der Waals surface area contributed by atoms with Crippen LogP contribution in [0.3, 0.4) is 0 Å². The second-order valence-corrected chi connectivity index (χ2v) is 5.61. The van der Waals surface area contributed by atoms with Crippen molar-refractivity contribution < 1.29 is 9.90 Å². The van der Waals surface area contributed by atoms with Gasteiger partial charge in [-0.15, -0.1) is 5.10 Å². The van der Waals surface area contributed by atoms with Gasteiger partial charge in [0.2, 0.25) is 5.91 Å². The molecule has 0 fully saturated rings. The van der Waals surface area contributed by atoms with Crippen molar-refractivity contribution >= 4 is 17.2 Å². The molecule has 2 rings (SSSR count). The fourth-order valence-electron chi connectivity index (χ4n) is 1.79. The number of carbonyl (C=O) groups excluding carboxylic acids is 1. The number of aliphatic hydroxyl groups is 1. The molecule has 7 heteroatoms. The molecule has 0 aliphatic rings. The number of aryl methyl sites for hydroxylation is 1. The van der Waals surface area contributed by atoms with Crippen molar-refractivity contribution in [3.05, 3.63) is 34.8 Å². The van der Waals surface area contributed by atoms with Crippen molar-refractivity contribution in [1.29, 1.82) is 0 Å². The molecule has 108 valence electrons. The maximum absolute atomic E-state index is 11.7. The fraction of sp³-hybridized carbons (Fsp3) is 0.462. The van der Waals surface area contributed by atoms with Gasteiger partial charge in [-0.3, -0.25) is 9.48 Å². The van der Waals surface area contributed by atoms with Gasteiger partial charge in [-0.1, -0.05) is 5.21 Å². The zero-order valence-corrected chi connectivity index (χ0v) is 12.1. The maximum atomic E-state index is 11.7. The van der Waals surface area contributed by atoms with E-state index in [9.17, 15) is 9.90 Å². The molecule has 2 aromatic rings. The van der Waals surface area contributed by atoms with Crippen LogP contribution < -0.4 is 5.32 Å². The molecular weight excluding hydrogens is 276 g/mol. The van der Waals surface area contributed by atoms with Crippen LogP contribution in [0.15, 0.2) is 29.2 Å². The molecule has 0 aromatic carbocycles. The van der Waals surface area contributed by atoms with Crippen LogP contribution >= 0.6 is 11.3 Å². The Bertz CT molecular complexity index is 523. The molecule has 2 N–H and O–H groups in total. The zero-order chi connectivity index (χ0) is 14.4. The summed E-state index contributed by atoms with van der Waals surface area (Å²) in [5, 5.41) is 24.3. The van der Waals surface area contributed by atoms with E-state index in [1.165, 1.54) is 11.3 Å². The lowest BCUT2D eigenvalue weighted by atomic mass is 9.99. The Morgan fingerprint density at radius 3 is 3.10 bits per heavy atom. The van der Waals surface area contributed by atoms with Crippen LogP contribution in [0, 0.1) is 0 Å². The third-order valence-electron chi connectivity index (χ3n) is 3.04. The molecular formula is C13H18N4O2S. The standard InChI is InChI=1S/C13H18N4O2S/c1-13(19,11-4-8-20-9-11)10-14-12(18)3-2-6-17-7-5-15-16-17/h4-5,7-9,19H,2-3,6,10H2,1H3,(H,14,18). The minimum Gasteiger partial charge on any atom is -0.384 e. The Labute approximate surface area is 121 Å². The summed E-state index contributed by atoms with van der Waals surface area (Å²) < 4.78 is 1.69. The minimum atomic E-state index is -1.03. The molecule has 2 heterocycles. The Hall–Kier alpha value is -1.73. The van der Waals surface area contributed by atoms with Gasteiger partial charge < -0.3 is 10.4 Å². The molecule has 0 saturated heterocycles. The Balaban J connectivity index is 1.69. The fourth-order valence-corrected chi connectivity index (χ4v) is 2.57. The topological polar surface area (TPSA) is 80.0 Å². The van der Waals surface area contributed by atoms with Crippen LogP contribution in [0.5, 0.6) is 0 Å². The summed E-state index contributed by atoms with van der Waals surface area (Å²) in [5.74, 6) is -0.0689. The number of nitrogens with zero attached hydrogens (tertiary/aromatic N) is 3. The van der Waals surface area contributed by atoms with Crippen molar-refractivity contribution in [1.82, 2.24) is 20.3 Å². The first-order valence-corrected chi connectivity index (χ1v) is 7.38. The summed E-state index contributed by atoms with van der Waals surface area (Å²) in [6.45, 7) is 2.57. The van der Waals surface area contributed by atoms with E-state index in [4.69, 9.17) is 0 Å². The maximum Gasteiger partial charge on any atom is 0.220 e. The molecule has 0 aliphatic heterocycles. The molecule has 6 nitrogen and oxygen atoms in total. The first-order valence-electron chi connectivity index (χ1n) is 6.44. The lowest BCUT2D eigenvalue weighted by Crippen LogP contribution is -2.38. The van der Waals surface area contributed by atoms with Crippen LogP contribution in [-0.4, -0.2) is 32.6 Å². The second kappa shape index (κ2) is 6.62. The third-order valence-corrected chi connectivity index (χ3v) is 3.72. The molecule has 20 heavy (non-hydrogen) atoms. The van der Waals surface area contributed by atoms with Crippen molar-refractivity contribution in [2.24, 2.45) is 0 Å². The van der Waals surface area contributed by atoms with Crippen LogP contribution in [0.2, 0.25) is 0 Å². The van der Waals surface area contributed by atoms with Gasteiger partial charge in [0.15, 0.2) is 0 Å². The lowest BCUT2D eigenvalue weighted by Gasteiger charge is -2.22. The zero-order valence-electron chi connectivity index (χ0n) is 11.3. The van der Waals surface area contributed by atoms with E-state index in [2.05, 4.69) is 15.6 Å². The van der Waals surface area contributed by atoms with Crippen molar-refractivity contribution in [3.63, 3.8) is 0 Å². The molecule has 0 aliphatic carbocycles. The highest BCUT2D eigenvalue weighted by Crippen LogP contribution is 2.21. The summed E-state index contributed by atoms with van der Waals surface area (Å²) in [4.78, 5) is 11.7. The van der Waals surface area contributed by atoms with Crippen molar-refractivity contribution in [2.45, 2.75) is 31.9 Å². The van der Waals surface area contributed by atoms with Crippen molar-refractivity contribution in [3.8, 4) is 0 Å².